The van der Waals surface area contributed by atoms with E-state index < -0.39 is 0 Å². The Kier molecular flexibility index (Phi) is 4.83. The smallest absolute Gasteiger partial charge is 0.163 e. The van der Waals surface area contributed by atoms with E-state index in [9.17, 15) is 4.79 Å². The van der Waals surface area contributed by atoms with Crippen LogP contribution in [0.15, 0.2) is 60.4 Å². The molecule has 0 aliphatic carbocycles. The first-order chi connectivity index (χ1) is 13.1. The zero-order valence-corrected chi connectivity index (χ0v) is 15.8. The third kappa shape index (κ3) is 3.67. The molecule has 0 aliphatic rings. The van der Waals surface area contributed by atoms with E-state index in [2.05, 4.69) is 11.1 Å². The van der Waals surface area contributed by atoms with Crippen molar-refractivity contribution in [2.45, 2.75) is 25.8 Å². The number of hydrogen-bond donors (Lipinski definition) is 1. The number of pyridine rings is 1. The molecular formula is C21H20N4OS. The predicted octanol–water partition coefficient (Wildman–Crippen LogP) is 4.43. The van der Waals surface area contributed by atoms with Crippen molar-refractivity contribution < 1.29 is 4.79 Å². The summed E-state index contributed by atoms with van der Waals surface area (Å²) in [7, 11) is 0. The van der Waals surface area contributed by atoms with E-state index in [4.69, 9.17) is 10.7 Å². The molecule has 4 rings (SSSR count). The molecule has 27 heavy (non-hydrogen) atoms. The highest BCUT2D eigenvalue weighted by atomic mass is 32.1. The normalized spacial score (nSPS) is 12.4. The van der Waals surface area contributed by atoms with Gasteiger partial charge in [0.2, 0.25) is 0 Å². The highest BCUT2D eigenvalue weighted by molar-refractivity contribution is 7.13. The number of Topliss-reactive ketones (excluding diaryl/α,β-unsaturated/α-hetero) is 1. The lowest BCUT2D eigenvalue weighted by atomic mass is 10.0. The van der Waals surface area contributed by atoms with Crippen molar-refractivity contribution in [1.29, 1.82) is 0 Å². The Morgan fingerprint density at radius 3 is 2.85 bits per heavy atom. The summed E-state index contributed by atoms with van der Waals surface area (Å²) in [6.07, 6.45) is 6.76. The summed E-state index contributed by atoms with van der Waals surface area (Å²) in [6.45, 7) is 1.91. The first-order valence-electron chi connectivity index (χ1n) is 8.88. The maximum atomic E-state index is 12.4. The zero-order valence-electron chi connectivity index (χ0n) is 15.0. The van der Waals surface area contributed by atoms with Crippen LogP contribution in [0.25, 0.3) is 27.5 Å². The van der Waals surface area contributed by atoms with Crippen LogP contribution >= 0.6 is 11.3 Å². The molecule has 0 aromatic carbocycles. The Hall–Kier alpha value is -2.83. The fourth-order valence-electron chi connectivity index (χ4n) is 3.00. The van der Waals surface area contributed by atoms with Crippen LogP contribution in [-0.2, 0) is 0 Å². The van der Waals surface area contributed by atoms with Crippen LogP contribution in [-0.4, -0.2) is 26.2 Å². The van der Waals surface area contributed by atoms with Gasteiger partial charge in [-0.15, -0.1) is 11.3 Å². The summed E-state index contributed by atoms with van der Waals surface area (Å²) in [5.74, 6) is 0.0895. The molecular weight excluding hydrogens is 356 g/mol. The van der Waals surface area contributed by atoms with Crippen LogP contribution in [0.1, 0.15) is 30.1 Å². The summed E-state index contributed by atoms with van der Waals surface area (Å²) in [4.78, 5) is 22.9. The van der Waals surface area contributed by atoms with E-state index in [1.807, 2.05) is 53.4 Å². The van der Waals surface area contributed by atoms with Gasteiger partial charge in [0.1, 0.15) is 5.65 Å². The minimum atomic E-state index is 0.0190. The Balaban J connectivity index is 1.71. The topological polar surface area (TPSA) is 73.3 Å². The van der Waals surface area contributed by atoms with Gasteiger partial charge in [-0.3, -0.25) is 9.78 Å². The number of nitrogens with zero attached hydrogens (tertiary/aromatic N) is 3. The lowest BCUT2D eigenvalue weighted by Gasteiger charge is -2.06. The SMILES string of the molecule is C[C@H](N)CCC(=O)c1ccnc(-c2ccn3ccc(-c4cccs4)nc23)c1. The standard InChI is InChI=1S/C21H20N4OS/c1-14(22)4-5-19(26)15-6-9-23-18(13-15)16-7-10-25-11-8-17(24-21(16)25)20-3-2-12-27-20/h2-3,6-14H,4-5,22H2,1H3/t14-/m0/s1. The van der Waals surface area contributed by atoms with Crippen molar-refractivity contribution in [2.24, 2.45) is 5.73 Å². The molecule has 0 saturated heterocycles. The molecule has 1 atom stereocenters. The Morgan fingerprint density at radius 1 is 1.22 bits per heavy atom. The first-order valence-corrected chi connectivity index (χ1v) is 9.76. The number of hydrogen-bond acceptors (Lipinski definition) is 5. The summed E-state index contributed by atoms with van der Waals surface area (Å²) >= 11 is 1.66. The molecule has 0 aliphatic heterocycles. The summed E-state index contributed by atoms with van der Waals surface area (Å²) in [5, 5.41) is 2.04. The number of rotatable bonds is 6. The summed E-state index contributed by atoms with van der Waals surface area (Å²) in [5.41, 5.74) is 9.85. The molecule has 0 saturated carbocycles. The lowest BCUT2D eigenvalue weighted by molar-refractivity contribution is 0.0978. The molecule has 2 N–H and O–H groups in total. The number of nitrogens with two attached hydrogens (primary N) is 1. The lowest BCUT2D eigenvalue weighted by Crippen LogP contribution is -2.16. The van der Waals surface area contributed by atoms with E-state index in [1.54, 1.807) is 23.6 Å². The average molecular weight is 376 g/mol. The average Bonchev–Trinajstić information content (AvgIpc) is 3.35. The molecule has 5 nitrogen and oxygen atoms in total. The van der Waals surface area contributed by atoms with E-state index in [0.717, 1.165) is 27.5 Å². The van der Waals surface area contributed by atoms with E-state index in [0.29, 0.717) is 18.4 Å². The van der Waals surface area contributed by atoms with Crippen molar-refractivity contribution in [3.63, 3.8) is 0 Å². The second-order valence-electron chi connectivity index (χ2n) is 6.62. The van der Waals surface area contributed by atoms with E-state index in [1.165, 1.54) is 0 Å². The highest BCUT2D eigenvalue weighted by Crippen LogP contribution is 2.28. The molecule has 6 heteroatoms. The fourth-order valence-corrected chi connectivity index (χ4v) is 3.69. The van der Waals surface area contributed by atoms with Crippen molar-refractivity contribution in [3.8, 4) is 21.8 Å². The van der Waals surface area contributed by atoms with Crippen LogP contribution in [0.4, 0.5) is 0 Å². The van der Waals surface area contributed by atoms with Crippen molar-refractivity contribution >= 4 is 22.8 Å². The number of ketones is 1. The third-order valence-electron chi connectivity index (χ3n) is 4.46. The number of carbonyl (C=O) groups is 1. The van der Waals surface area contributed by atoms with Gasteiger partial charge in [-0.25, -0.2) is 4.98 Å². The summed E-state index contributed by atoms with van der Waals surface area (Å²) in [6, 6.07) is 11.7. The van der Waals surface area contributed by atoms with Crippen LogP contribution in [0.2, 0.25) is 0 Å². The van der Waals surface area contributed by atoms with Gasteiger partial charge in [0, 0.05) is 42.2 Å². The van der Waals surface area contributed by atoms with Crippen LogP contribution in [0.5, 0.6) is 0 Å². The Morgan fingerprint density at radius 2 is 2.07 bits per heavy atom. The molecule has 136 valence electrons. The van der Waals surface area contributed by atoms with Gasteiger partial charge in [0.15, 0.2) is 5.78 Å². The van der Waals surface area contributed by atoms with Crippen LogP contribution in [0, 0.1) is 0 Å². The van der Waals surface area contributed by atoms with Gasteiger partial charge in [-0.05, 0) is 49.1 Å². The number of aromatic nitrogens is 3. The molecule has 4 aromatic heterocycles. The van der Waals surface area contributed by atoms with Gasteiger partial charge in [-0.2, -0.15) is 0 Å². The van der Waals surface area contributed by atoms with Crippen LogP contribution < -0.4 is 5.73 Å². The molecule has 4 heterocycles. The molecule has 0 radical (unpaired) electrons. The van der Waals surface area contributed by atoms with Crippen molar-refractivity contribution in [3.05, 3.63) is 65.9 Å². The molecule has 0 fully saturated rings. The number of carbonyl (C=O) groups excluding carboxylic acids is 1. The fraction of sp³-hybridized carbons (Fsp3) is 0.190. The van der Waals surface area contributed by atoms with E-state index >= 15 is 0 Å². The Labute approximate surface area is 161 Å². The van der Waals surface area contributed by atoms with Gasteiger partial charge in [-0.1, -0.05) is 6.07 Å². The minimum absolute atomic E-state index is 0.0190. The monoisotopic (exact) mass is 376 g/mol. The van der Waals surface area contributed by atoms with Gasteiger partial charge in [0.05, 0.1) is 16.3 Å². The molecule has 0 amide bonds. The summed E-state index contributed by atoms with van der Waals surface area (Å²) < 4.78 is 1.97. The van der Waals surface area contributed by atoms with Gasteiger partial charge >= 0.3 is 0 Å². The first kappa shape index (κ1) is 17.6. The molecule has 0 bridgehead atoms. The van der Waals surface area contributed by atoms with Gasteiger partial charge in [0.25, 0.3) is 0 Å². The zero-order chi connectivity index (χ0) is 18.8. The quantitative estimate of drug-likeness (QED) is 0.505. The van der Waals surface area contributed by atoms with E-state index in [-0.39, 0.29) is 11.8 Å². The third-order valence-corrected chi connectivity index (χ3v) is 5.36. The maximum absolute atomic E-state index is 12.4. The van der Waals surface area contributed by atoms with Crippen molar-refractivity contribution in [1.82, 2.24) is 14.4 Å². The van der Waals surface area contributed by atoms with Gasteiger partial charge < -0.3 is 10.1 Å². The highest BCUT2D eigenvalue weighted by Gasteiger charge is 2.13. The minimum Gasteiger partial charge on any atom is -0.328 e. The maximum Gasteiger partial charge on any atom is 0.163 e. The predicted molar refractivity (Wildman–Crippen MR) is 109 cm³/mol. The largest absolute Gasteiger partial charge is 0.328 e. The number of fused-ring (bicyclic) bond motifs is 1. The van der Waals surface area contributed by atoms with Crippen LogP contribution in [0.3, 0.4) is 0 Å². The molecule has 0 unspecified atom stereocenters. The molecule has 4 aromatic rings. The second kappa shape index (κ2) is 7.42. The number of thiophene rings is 1. The molecule has 0 spiro atoms. The van der Waals surface area contributed by atoms with Crippen molar-refractivity contribution in [2.75, 3.05) is 0 Å². The Bertz CT molecular complexity index is 1080. The second-order valence-corrected chi connectivity index (χ2v) is 7.57.